The van der Waals surface area contributed by atoms with Crippen LogP contribution in [-0.2, 0) is 11.3 Å². The molecule has 0 aromatic carbocycles. The average Bonchev–Trinajstić information content (AvgIpc) is 2.23. The number of rotatable bonds is 3. The molecular formula is C12H19BN2O4. The monoisotopic (exact) mass is 266 g/mol. The second-order valence-electron chi connectivity index (χ2n) is 5.22. The van der Waals surface area contributed by atoms with Crippen LogP contribution < -0.4 is 10.8 Å². The van der Waals surface area contributed by atoms with Crippen LogP contribution in [0.2, 0.25) is 0 Å². The Hall–Kier alpha value is -1.60. The molecule has 1 amide bonds. The molecule has 0 aliphatic heterocycles. The maximum absolute atomic E-state index is 11.5. The first-order valence-corrected chi connectivity index (χ1v) is 5.98. The van der Waals surface area contributed by atoms with E-state index in [-0.39, 0.29) is 12.0 Å². The molecule has 0 fully saturated rings. The lowest BCUT2D eigenvalue weighted by atomic mass is 9.79. The quantitative estimate of drug-likeness (QED) is 0.674. The molecule has 0 bridgehead atoms. The van der Waals surface area contributed by atoms with Gasteiger partial charge in [0.1, 0.15) is 5.60 Å². The standard InChI is InChI=1S/C12H19BN2O4/c1-8-5-6-9(13(17)18)10(15-8)7-14-11(16)19-12(2,3)4/h5-6,17-18H,7H2,1-4H3,(H,14,16). The molecule has 0 atom stereocenters. The second kappa shape index (κ2) is 6.03. The molecule has 6 nitrogen and oxygen atoms in total. The number of hydrogen-bond donors (Lipinski definition) is 3. The summed E-state index contributed by atoms with van der Waals surface area (Å²) in [5, 5.41) is 21.0. The zero-order chi connectivity index (χ0) is 14.6. The van der Waals surface area contributed by atoms with E-state index in [1.807, 2.05) is 0 Å². The topological polar surface area (TPSA) is 91.7 Å². The van der Waals surface area contributed by atoms with Gasteiger partial charge in [-0.3, -0.25) is 4.98 Å². The summed E-state index contributed by atoms with van der Waals surface area (Å²) in [7, 11) is -1.62. The number of amides is 1. The summed E-state index contributed by atoms with van der Waals surface area (Å²) < 4.78 is 5.09. The van der Waals surface area contributed by atoms with E-state index >= 15 is 0 Å². The van der Waals surface area contributed by atoms with Crippen LogP contribution in [0.5, 0.6) is 0 Å². The van der Waals surface area contributed by atoms with Crippen molar-refractivity contribution in [1.82, 2.24) is 10.3 Å². The lowest BCUT2D eigenvalue weighted by Gasteiger charge is -2.20. The number of nitrogens with zero attached hydrogens (tertiary/aromatic N) is 1. The van der Waals surface area contributed by atoms with Gasteiger partial charge in [-0.2, -0.15) is 0 Å². The normalized spacial score (nSPS) is 11.1. The van der Waals surface area contributed by atoms with Crippen LogP contribution in [0, 0.1) is 6.92 Å². The molecular weight excluding hydrogens is 247 g/mol. The van der Waals surface area contributed by atoms with E-state index in [1.165, 1.54) is 0 Å². The molecule has 1 heterocycles. The van der Waals surface area contributed by atoms with Gasteiger partial charge in [-0.1, -0.05) is 6.07 Å². The second-order valence-corrected chi connectivity index (χ2v) is 5.22. The van der Waals surface area contributed by atoms with Gasteiger partial charge in [0.05, 0.1) is 12.2 Å². The first-order chi connectivity index (χ1) is 8.69. The molecule has 1 aromatic heterocycles. The minimum absolute atomic E-state index is 0.0730. The van der Waals surface area contributed by atoms with Crippen molar-refractivity contribution < 1.29 is 19.6 Å². The highest BCUT2D eigenvalue weighted by molar-refractivity contribution is 6.59. The lowest BCUT2D eigenvalue weighted by molar-refractivity contribution is 0.0523. The number of pyridine rings is 1. The van der Waals surface area contributed by atoms with Crippen LogP contribution in [0.4, 0.5) is 4.79 Å². The number of carbonyl (C=O) groups excluding carboxylic acids is 1. The van der Waals surface area contributed by atoms with Crippen molar-refractivity contribution in [2.24, 2.45) is 0 Å². The van der Waals surface area contributed by atoms with E-state index in [0.29, 0.717) is 5.69 Å². The van der Waals surface area contributed by atoms with Crippen LogP contribution in [0.1, 0.15) is 32.2 Å². The van der Waals surface area contributed by atoms with Crippen molar-refractivity contribution in [2.75, 3.05) is 0 Å². The van der Waals surface area contributed by atoms with Gasteiger partial charge in [-0.25, -0.2) is 4.79 Å². The largest absolute Gasteiger partial charge is 0.490 e. The van der Waals surface area contributed by atoms with Gasteiger partial charge in [0.2, 0.25) is 0 Å². The average molecular weight is 266 g/mol. The maximum Gasteiger partial charge on any atom is 0.490 e. The summed E-state index contributed by atoms with van der Waals surface area (Å²) >= 11 is 0. The third kappa shape index (κ3) is 5.27. The number of alkyl carbamates (subject to hydrolysis) is 1. The Labute approximate surface area is 113 Å². The number of nitrogens with one attached hydrogen (secondary N) is 1. The molecule has 0 unspecified atom stereocenters. The molecule has 0 aliphatic rings. The van der Waals surface area contributed by atoms with Gasteiger partial charge in [-0.05, 0) is 33.8 Å². The number of aryl methyl sites for hydroxylation is 1. The molecule has 3 N–H and O–H groups in total. The first kappa shape index (κ1) is 15.5. The van der Waals surface area contributed by atoms with Crippen molar-refractivity contribution in [3.8, 4) is 0 Å². The van der Waals surface area contributed by atoms with Gasteiger partial charge in [0.25, 0.3) is 0 Å². The third-order valence-electron chi connectivity index (χ3n) is 2.23. The molecule has 19 heavy (non-hydrogen) atoms. The summed E-state index contributed by atoms with van der Waals surface area (Å²) in [5.74, 6) is 0. The Balaban J connectivity index is 2.72. The summed E-state index contributed by atoms with van der Waals surface area (Å²) in [6, 6.07) is 3.24. The van der Waals surface area contributed by atoms with Crippen molar-refractivity contribution in [2.45, 2.75) is 39.8 Å². The van der Waals surface area contributed by atoms with Gasteiger partial charge in [0, 0.05) is 11.2 Å². The molecule has 0 saturated heterocycles. The highest BCUT2D eigenvalue weighted by Gasteiger charge is 2.19. The van der Waals surface area contributed by atoms with Crippen molar-refractivity contribution >= 4 is 18.7 Å². The Kier molecular flexibility index (Phi) is 4.91. The third-order valence-corrected chi connectivity index (χ3v) is 2.23. The predicted octanol–water partition coefficient (Wildman–Crippen LogP) is 0.0945. The molecule has 0 aliphatic carbocycles. The fraction of sp³-hybridized carbons (Fsp3) is 0.500. The van der Waals surface area contributed by atoms with E-state index < -0.39 is 18.8 Å². The predicted molar refractivity (Wildman–Crippen MR) is 71.9 cm³/mol. The summed E-state index contributed by atoms with van der Waals surface area (Å²) in [6.45, 7) is 7.15. The SMILES string of the molecule is Cc1ccc(B(O)O)c(CNC(=O)OC(C)(C)C)n1. The van der Waals surface area contributed by atoms with Gasteiger partial charge >= 0.3 is 13.2 Å². The van der Waals surface area contributed by atoms with Gasteiger partial charge in [-0.15, -0.1) is 0 Å². The Bertz CT molecular complexity index is 458. The summed E-state index contributed by atoms with van der Waals surface area (Å²) in [4.78, 5) is 15.7. The Morgan fingerprint density at radius 3 is 2.58 bits per heavy atom. The molecule has 0 radical (unpaired) electrons. The van der Waals surface area contributed by atoms with Crippen molar-refractivity contribution in [3.63, 3.8) is 0 Å². The Morgan fingerprint density at radius 1 is 1.42 bits per heavy atom. The van der Waals surface area contributed by atoms with E-state index in [4.69, 9.17) is 4.74 Å². The molecule has 1 rings (SSSR count). The van der Waals surface area contributed by atoms with E-state index in [9.17, 15) is 14.8 Å². The molecule has 0 spiro atoms. The fourth-order valence-corrected chi connectivity index (χ4v) is 1.47. The molecule has 1 aromatic rings. The smallest absolute Gasteiger partial charge is 0.444 e. The zero-order valence-electron chi connectivity index (χ0n) is 11.6. The maximum atomic E-state index is 11.5. The summed E-state index contributed by atoms with van der Waals surface area (Å²) in [6.07, 6.45) is -0.575. The highest BCUT2D eigenvalue weighted by Crippen LogP contribution is 2.06. The highest BCUT2D eigenvalue weighted by atomic mass is 16.6. The molecule has 104 valence electrons. The van der Waals surface area contributed by atoms with Crippen LogP contribution in [0.15, 0.2) is 12.1 Å². The number of hydrogen-bond acceptors (Lipinski definition) is 5. The summed E-state index contributed by atoms with van der Waals surface area (Å²) in [5.41, 5.74) is 0.816. The number of carbonyl (C=O) groups is 1. The molecule has 7 heteroatoms. The van der Waals surface area contributed by atoms with Crippen LogP contribution >= 0.6 is 0 Å². The van der Waals surface area contributed by atoms with E-state index in [1.54, 1.807) is 39.8 Å². The molecule has 0 saturated carbocycles. The lowest BCUT2D eigenvalue weighted by Crippen LogP contribution is -2.38. The first-order valence-electron chi connectivity index (χ1n) is 5.98. The minimum atomic E-state index is -1.62. The van der Waals surface area contributed by atoms with Crippen molar-refractivity contribution in [1.29, 1.82) is 0 Å². The van der Waals surface area contributed by atoms with E-state index in [0.717, 1.165) is 5.69 Å². The zero-order valence-corrected chi connectivity index (χ0v) is 11.6. The van der Waals surface area contributed by atoms with Crippen molar-refractivity contribution in [3.05, 3.63) is 23.5 Å². The van der Waals surface area contributed by atoms with Gasteiger partial charge in [0.15, 0.2) is 0 Å². The van der Waals surface area contributed by atoms with Gasteiger partial charge < -0.3 is 20.1 Å². The van der Waals surface area contributed by atoms with E-state index in [2.05, 4.69) is 10.3 Å². The van der Waals surface area contributed by atoms with Crippen LogP contribution in [0.25, 0.3) is 0 Å². The number of aromatic nitrogens is 1. The van der Waals surface area contributed by atoms with Crippen LogP contribution in [0.3, 0.4) is 0 Å². The Morgan fingerprint density at radius 2 is 2.05 bits per heavy atom. The van der Waals surface area contributed by atoms with Crippen LogP contribution in [-0.4, -0.2) is 33.8 Å². The fourth-order valence-electron chi connectivity index (χ4n) is 1.47. The minimum Gasteiger partial charge on any atom is -0.444 e. The number of ether oxygens (including phenoxy) is 1.